The number of hydrogen-bond acceptors (Lipinski definition) is 4. The van der Waals surface area contributed by atoms with E-state index in [0.29, 0.717) is 4.34 Å². The number of thioether (sulfide) groups is 1. The summed E-state index contributed by atoms with van der Waals surface area (Å²) in [5, 5.41) is 0. The highest BCUT2D eigenvalue weighted by molar-refractivity contribution is 14.1. The third-order valence-corrected chi connectivity index (χ3v) is 5.44. The van der Waals surface area contributed by atoms with Crippen LogP contribution < -0.4 is 5.56 Å². The smallest absolute Gasteiger partial charge is 0.316 e. The fraction of sp³-hybridized carbons (Fsp3) is 0.250. The quantitative estimate of drug-likeness (QED) is 0.599. The number of halogens is 4. The van der Waals surface area contributed by atoms with Crippen molar-refractivity contribution in [1.82, 2.24) is 9.97 Å². The third-order valence-electron chi connectivity index (χ3n) is 1.94. The summed E-state index contributed by atoms with van der Waals surface area (Å²) >= 11 is 3.97. The fourth-order valence-electron chi connectivity index (χ4n) is 1.23. The van der Waals surface area contributed by atoms with Gasteiger partial charge in [0.15, 0.2) is 4.34 Å². The molecule has 2 aromatic heterocycles. The lowest BCUT2D eigenvalue weighted by atomic mass is 10.3. The Morgan fingerprint density at radius 2 is 2.12 bits per heavy atom. The molecular weight excluding hydrogens is 388 g/mol. The van der Waals surface area contributed by atoms with Crippen LogP contribution in [0.15, 0.2) is 9.13 Å². The Hall–Kier alpha value is -0.290. The van der Waals surface area contributed by atoms with E-state index in [1.165, 1.54) is 11.8 Å². The highest BCUT2D eigenvalue weighted by Crippen LogP contribution is 2.36. The van der Waals surface area contributed by atoms with E-state index in [0.717, 1.165) is 11.3 Å². The van der Waals surface area contributed by atoms with Gasteiger partial charge >= 0.3 is 6.18 Å². The van der Waals surface area contributed by atoms with Gasteiger partial charge in [-0.2, -0.15) is 13.2 Å². The van der Waals surface area contributed by atoms with Gasteiger partial charge in [-0.25, -0.2) is 4.98 Å². The fourth-order valence-corrected chi connectivity index (χ4v) is 3.76. The first-order valence-electron chi connectivity index (χ1n) is 4.18. The SMILES string of the molecule is CSc1nc2c(=O)[nH]c(C(F)(F)F)c(I)c2s1. The van der Waals surface area contributed by atoms with Crippen molar-refractivity contribution in [3.63, 3.8) is 0 Å². The molecule has 1 N–H and O–H groups in total. The molecule has 3 nitrogen and oxygen atoms in total. The molecule has 17 heavy (non-hydrogen) atoms. The van der Waals surface area contributed by atoms with Gasteiger partial charge < -0.3 is 4.98 Å². The maximum Gasteiger partial charge on any atom is 0.432 e. The van der Waals surface area contributed by atoms with Crippen molar-refractivity contribution in [1.29, 1.82) is 0 Å². The third kappa shape index (κ3) is 2.32. The lowest BCUT2D eigenvalue weighted by molar-refractivity contribution is -0.141. The number of alkyl halides is 3. The molecule has 0 aromatic carbocycles. The number of rotatable bonds is 1. The second-order valence-corrected chi connectivity index (χ2v) is 6.13. The molecule has 0 unspecified atom stereocenters. The molecule has 0 saturated heterocycles. The van der Waals surface area contributed by atoms with E-state index in [4.69, 9.17) is 0 Å². The Morgan fingerprint density at radius 1 is 1.47 bits per heavy atom. The van der Waals surface area contributed by atoms with Crippen LogP contribution in [0.4, 0.5) is 13.2 Å². The van der Waals surface area contributed by atoms with Crippen molar-refractivity contribution >= 4 is 55.9 Å². The van der Waals surface area contributed by atoms with Gasteiger partial charge in [0, 0.05) is 0 Å². The molecule has 0 amide bonds. The molecule has 0 aliphatic carbocycles. The molecular formula is C8H4F3IN2OS2. The normalized spacial score (nSPS) is 12.3. The van der Waals surface area contributed by atoms with Crippen LogP contribution in [0.1, 0.15) is 5.69 Å². The zero-order chi connectivity index (χ0) is 12.8. The Bertz CT molecular complexity index is 634. The molecule has 9 heteroatoms. The largest absolute Gasteiger partial charge is 0.432 e. The van der Waals surface area contributed by atoms with Crippen LogP contribution in [-0.4, -0.2) is 16.2 Å². The maximum atomic E-state index is 12.6. The minimum absolute atomic E-state index is 0.0116. The predicted molar refractivity (Wildman–Crippen MR) is 69.7 cm³/mol. The lowest BCUT2D eigenvalue weighted by Gasteiger charge is -2.08. The summed E-state index contributed by atoms with van der Waals surface area (Å²) in [6.07, 6.45) is -2.81. The van der Waals surface area contributed by atoms with Crippen LogP contribution in [0, 0.1) is 3.57 Å². The molecule has 0 bridgehead atoms. The first-order chi connectivity index (χ1) is 7.84. The van der Waals surface area contributed by atoms with E-state index in [1.54, 1.807) is 28.8 Å². The van der Waals surface area contributed by atoms with Gasteiger partial charge in [-0.1, -0.05) is 11.8 Å². The maximum absolute atomic E-state index is 12.6. The van der Waals surface area contributed by atoms with E-state index in [2.05, 4.69) is 4.98 Å². The molecule has 0 fully saturated rings. The van der Waals surface area contributed by atoms with Crippen LogP contribution >= 0.6 is 45.7 Å². The first-order valence-corrected chi connectivity index (χ1v) is 7.30. The van der Waals surface area contributed by atoms with Crippen molar-refractivity contribution in [2.75, 3.05) is 6.26 Å². The summed E-state index contributed by atoms with van der Waals surface area (Å²) in [7, 11) is 0. The van der Waals surface area contributed by atoms with Crippen molar-refractivity contribution in [2.45, 2.75) is 10.5 Å². The van der Waals surface area contributed by atoms with Crippen molar-refractivity contribution < 1.29 is 13.2 Å². The van der Waals surface area contributed by atoms with Crippen LogP contribution in [0.2, 0.25) is 0 Å². The number of fused-ring (bicyclic) bond motifs is 1. The van der Waals surface area contributed by atoms with E-state index >= 15 is 0 Å². The average molecular weight is 392 g/mol. The zero-order valence-electron chi connectivity index (χ0n) is 8.18. The van der Waals surface area contributed by atoms with Crippen molar-refractivity contribution in [3.8, 4) is 0 Å². The molecule has 0 spiro atoms. The number of hydrogen-bond donors (Lipinski definition) is 1. The molecule has 0 radical (unpaired) electrons. The van der Waals surface area contributed by atoms with Crippen LogP contribution in [0.25, 0.3) is 10.2 Å². The number of thiazole rings is 1. The summed E-state index contributed by atoms with van der Waals surface area (Å²) in [4.78, 5) is 17.3. The molecule has 0 aliphatic heterocycles. The number of aromatic nitrogens is 2. The van der Waals surface area contributed by atoms with Gasteiger partial charge in [0.2, 0.25) is 0 Å². The molecule has 92 valence electrons. The molecule has 0 aliphatic rings. The van der Waals surface area contributed by atoms with E-state index in [9.17, 15) is 18.0 Å². The molecule has 0 saturated carbocycles. The number of aromatic amines is 1. The van der Waals surface area contributed by atoms with Crippen molar-refractivity contribution in [2.24, 2.45) is 0 Å². The highest BCUT2D eigenvalue weighted by atomic mass is 127. The highest BCUT2D eigenvalue weighted by Gasteiger charge is 2.36. The summed E-state index contributed by atoms with van der Waals surface area (Å²) < 4.78 is 38.8. The first kappa shape index (κ1) is 13.1. The van der Waals surface area contributed by atoms with Gasteiger partial charge in [0.05, 0.1) is 8.27 Å². The average Bonchev–Trinajstić information content (AvgIpc) is 2.66. The number of nitrogens with zero attached hydrogens (tertiary/aromatic N) is 1. The molecule has 2 rings (SSSR count). The van der Waals surface area contributed by atoms with E-state index in [1.807, 2.05) is 4.98 Å². The van der Waals surface area contributed by atoms with Gasteiger partial charge in [0.1, 0.15) is 11.2 Å². The number of pyridine rings is 1. The minimum atomic E-state index is -4.56. The Kier molecular flexibility index (Phi) is 3.42. The number of H-pyrrole nitrogens is 1. The van der Waals surface area contributed by atoms with E-state index in [-0.39, 0.29) is 13.8 Å². The Labute approximate surface area is 115 Å². The van der Waals surface area contributed by atoms with Crippen molar-refractivity contribution in [3.05, 3.63) is 19.6 Å². The summed E-state index contributed by atoms with van der Waals surface area (Å²) in [6.45, 7) is 0. The second-order valence-electron chi connectivity index (χ2n) is 3.00. The number of nitrogens with one attached hydrogen (secondary N) is 1. The monoisotopic (exact) mass is 392 g/mol. The van der Waals surface area contributed by atoms with Crippen LogP contribution in [-0.2, 0) is 6.18 Å². The van der Waals surface area contributed by atoms with Gasteiger partial charge in [-0.05, 0) is 28.8 Å². The summed E-state index contributed by atoms with van der Waals surface area (Å²) in [5.74, 6) is 0. The van der Waals surface area contributed by atoms with Gasteiger partial charge in [-0.15, -0.1) is 11.3 Å². The zero-order valence-corrected chi connectivity index (χ0v) is 12.0. The van der Waals surface area contributed by atoms with Gasteiger partial charge in [0.25, 0.3) is 5.56 Å². The molecule has 2 aromatic rings. The second kappa shape index (κ2) is 4.43. The molecule has 0 atom stereocenters. The Morgan fingerprint density at radius 3 is 2.65 bits per heavy atom. The van der Waals surface area contributed by atoms with Gasteiger partial charge in [-0.3, -0.25) is 4.79 Å². The standard InChI is InChI=1S/C8H4F3IN2OS2/c1-16-7-13-3-4(17-7)2(12)5(8(9,10)11)14-6(3)15/h1H3,(H,14,15). The summed E-state index contributed by atoms with van der Waals surface area (Å²) in [5.41, 5.74) is -1.74. The summed E-state index contributed by atoms with van der Waals surface area (Å²) in [6, 6.07) is 0. The predicted octanol–water partition coefficient (Wildman–Crippen LogP) is 3.33. The van der Waals surface area contributed by atoms with Crippen LogP contribution in [0.3, 0.4) is 0 Å². The minimum Gasteiger partial charge on any atom is -0.316 e. The van der Waals surface area contributed by atoms with E-state index < -0.39 is 17.4 Å². The Balaban J connectivity index is 2.84. The topological polar surface area (TPSA) is 45.8 Å². The molecule has 2 heterocycles. The lowest BCUT2D eigenvalue weighted by Crippen LogP contribution is -2.18. The van der Waals surface area contributed by atoms with Crippen LogP contribution in [0.5, 0.6) is 0 Å².